The molecule has 1 aromatic rings. The fraction of sp³-hybridized carbons (Fsp3) is 0.462. The first-order valence-corrected chi connectivity index (χ1v) is 6.66. The van der Waals surface area contributed by atoms with Crippen molar-refractivity contribution in [1.29, 1.82) is 0 Å². The predicted molar refractivity (Wildman–Crippen MR) is 74.7 cm³/mol. The summed E-state index contributed by atoms with van der Waals surface area (Å²) in [6, 6.07) is 1.66. The molecule has 0 aliphatic heterocycles. The van der Waals surface area contributed by atoms with E-state index in [-0.39, 0.29) is 12.5 Å². The van der Waals surface area contributed by atoms with Gasteiger partial charge in [0, 0.05) is 23.9 Å². The summed E-state index contributed by atoms with van der Waals surface area (Å²) in [5.41, 5.74) is -0.621. The Morgan fingerprint density at radius 1 is 1.42 bits per heavy atom. The van der Waals surface area contributed by atoms with Gasteiger partial charge < -0.3 is 9.64 Å². The van der Waals surface area contributed by atoms with Crippen molar-refractivity contribution >= 4 is 27.8 Å². The van der Waals surface area contributed by atoms with E-state index in [1.165, 1.54) is 11.1 Å². The van der Waals surface area contributed by atoms with E-state index in [0.29, 0.717) is 10.0 Å². The van der Waals surface area contributed by atoms with Crippen molar-refractivity contribution in [1.82, 2.24) is 9.88 Å². The first-order valence-electron chi connectivity index (χ1n) is 5.86. The molecule has 0 atom stereocenters. The first kappa shape index (κ1) is 15.6. The average Bonchev–Trinajstić information content (AvgIpc) is 2.37. The molecule has 0 aromatic carbocycles. The van der Waals surface area contributed by atoms with E-state index in [1.807, 2.05) is 0 Å². The highest BCUT2D eigenvalue weighted by Gasteiger charge is 2.37. The molecule has 0 saturated heterocycles. The summed E-state index contributed by atoms with van der Waals surface area (Å²) in [5, 5.41) is 0. The van der Waals surface area contributed by atoms with Gasteiger partial charge in [-0.05, 0) is 42.8 Å². The number of hydrogen-bond acceptors (Lipinski definition) is 4. The van der Waals surface area contributed by atoms with E-state index >= 15 is 0 Å². The number of likely N-dealkylation sites (N-methyl/N-ethyl adjacent to an activating group) is 1. The fourth-order valence-electron chi connectivity index (χ4n) is 1.42. The van der Waals surface area contributed by atoms with Crippen LogP contribution in [0.3, 0.4) is 0 Å². The molecular weight excluding hydrogens is 312 g/mol. The monoisotopic (exact) mass is 328 g/mol. The van der Waals surface area contributed by atoms with Gasteiger partial charge in [-0.1, -0.05) is 0 Å². The van der Waals surface area contributed by atoms with Crippen molar-refractivity contribution in [3.05, 3.63) is 28.5 Å². The smallest absolute Gasteiger partial charge is 0.331 e. The summed E-state index contributed by atoms with van der Waals surface area (Å²) < 4.78 is 5.69. The third kappa shape index (κ3) is 3.53. The zero-order valence-electron chi connectivity index (χ0n) is 11.4. The van der Waals surface area contributed by atoms with Gasteiger partial charge in [0.1, 0.15) is 5.54 Å². The lowest BCUT2D eigenvalue weighted by atomic mass is 10.0. The quantitative estimate of drug-likeness (QED) is 0.795. The minimum atomic E-state index is -1.03. The molecule has 1 aromatic heterocycles. The number of carbonyl (C=O) groups excluding carboxylic acids is 2. The third-order valence-corrected chi connectivity index (χ3v) is 3.30. The summed E-state index contributed by atoms with van der Waals surface area (Å²) in [6.07, 6.45) is 3.05. The molecule has 1 amide bonds. The van der Waals surface area contributed by atoms with Crippen LogP contribution < -0.4 is 0 Å². The lowest BCUT2D eigenvalue weighted by Crippen LogP contribution is -2.51. The first-order chi connectivity index (χ1) is 8.80. The van der Waals surface area contributed by atoms with Gasteiger partial charge in [-0.15, -0.1) is 0 Å². The Kier molecular flexibility index (Phi) is 5.05. The van der Waals surface area contributed by atoms with Crippen molar-refractivity contribution in [2.45, 2.75) is 26.3 Å². The second kappa shape index (κ2) is 6.14. The van der Waals surface area contributed by atoms with Crippen molar-refractivity contribution in [2.24, 2.45) is 0 Å². The second-order valence-corrected chi connectivity index (χ2v) is 5.45. The van der Waals surface area contributed by atoms with E-state index < -0.39 is 11.5 Å². The van der Waals surface area contributed by atoms with Gasteiger partial charge in [0.15, 0.2) is 0 Å². The molecule has 19 heavy (non-hydrogen) atoms. The number of amides is 1. The molecule has 0 N–H and O–H groups in total. The van der Waals surface area contributed by atoms with Crippen LogP contribution in [-0.4, -0.2) is 41.0 Å². The number of pyridine rings is 1. The summed E-state index contributed by atoms with van der Waals surface area (Å²) in [6.45, 7) is 5.30. The second-order valence-electron chi connectivity index (χ2n) is 4.54. The number of halogens is 1. The SMILES string of the molecule is CCOC(=O)C(C)(C)N(C)C(=O)c1cncc(Br)c1. The molecule has 0 spiro atoms. The van der Waals surface area contributed by atoms with Crippen LogP contribution in [0, 0.1) is 0 Å². The Hall–Kier alpha value is -1.43. The van der Waals surface area contributed by atoms with Gasteiger partial charge in [-0.25, -0.2) is 4.79 Å². The number of rotatable bonds is 4. The molecule has 0 radical (unpaired) electrons. The van der Waals surface area contributed by atoms with Crippen LogP contribution in [-0.2, 0) is 9.53 Å². The van der Waals surface area contributed by atoms with Crippen LogP contribution in [0.1, 0.15) is 31.1 Å². The number of esters is 1. The zero-order valence-corrected chi connectivity index (χ0v) is 13.0. The maximum absolute atomic E-state index is 12.3. The summed E-state index contributed by atoms with van der Waals surface area (Å²) in [4.78, 5) is 29.5. The van der Waals surface area contributed by atoms with Crippen LogP contribution in [0.4, 0.5) is 0 Å². The Labute approximate surface area is 121 Å². The summed E-state index contributed by atoms with van der Waals surface area (Å²) in [7, 11) is 1.57. The minimum Gasteiger partial charge on any atom is -0.464 e. The van der Waals surface area contributed by atoms with E-state index in [9.17, 15) is 9.59 Å². The Bertz CT molecular complexity index is 489. The Morgan fingerprint density at radius 3 is 2.58 bits per heavy atom. The van der Waals surface area contributed by atoms with Gasteiger partial charge in [0.25, 0.3) is 5.91 Å². The summed E-state index contributed by atoms with van der Waals surface area (Å²) >= 11 is 3.26. The summed E-state index contributed by atoms with van der Waals surface area (Å²) in [5.74, 6) is -0.722. The number of carbonyl (C=O) groups is 2. The van der Waals surface area contributed by atoms with Crippen LogP contribution in [0.15, 0.2) is 22.9 Å². The maximum Gasteiger partial charge on any atom is 0.331 e. The lowest BCUT2D eigenvalue weighted by Gasteiger charge is -2.33. The Morgan fingerprint density at radius 2 is 2.05 bits per heavy atom. The van der Waals surface area contributed by atoms with E-state index in [2.05, 4.69) is 20.9 Å². The molecular formula is C13H17BrN2O3. The molecule has 0 aliphatic rings. The maximum atomic E-state index is 12.3. The number of ether oxygens (including phenoxy) is 1. The normalized spacial score (nSPS) is 11.0. The molecule has 0 unspecified atom stereocenters. The van der Waals surface area contributed by atoms with Gasteiger partial charge in [-0.3, -0.25) is 9.78 Å². The van der Waals surface area contributed by atoms with Crippen molar-refractivity contribution in [3.63, 3.8) is 0 Å². The molecule has 0 bridgehead atoms. The van der Waals surface area contributed by atoms with Gasteiger partial charge in [0.05, 0.1) is 12.2 Å². The molecule has 6 heteroatoms. The molecule has 0 saturated carbocycles. The van der Waals surface area contributed by atoms with Crippen LogP contribution in [0.2, 0.25) is 0 Å². The molecule has 0 fully saturated rings. The minimum absolute atomic E-state index is 0.280. The lowest BCUT2D eigenvalue weighted by molar-refractivity contribution is -0.153. The molecule has 1 heterocycles. The highest BCUT2D eigenvalue weighted by Crippen LogP contribution is 2.19. The number of hydrogen-bond donors (Lipinski definition) is 0. The topological polar surface area (TPSA) is 59.5 Å². The van der Waals surface area contributed by atoms with Crippen LogP contribution in [0.5, 0.6) is 0 Å². The fourth-order valence-corrected chi connectivity index (χ4v) is 1.79. The van der Waals surface area contributed by atoms with Crippen LogP contribution in [0.25, 0.3) is 0 Å². The standard InChI is InChI=1S/C13H17BrN2O3/c1-5-19-12(18)13(2,3)16(4)11(17)9-6-10(14)8-15-7-9/h6-8H,5H2,1-4H3. The molecule has 1 rings (SSSR count). The average molecular weight is 329 g/mol. The molecule has 5 nitrogen and oxygen atoms in total. The van der Waals surface area contributed by atoms with E-state index in [4.69, 9.17) is 4.74 Å². The van der Waals surface area contributed by atoms with Gasteiger partial charge >= 0.3 is 5.97 Å². The Balaban J connectivity index is 2.96. The predicted octanol–water partition coefficient (Wildman–Crippen LogP) is 2.26. The number of nitrogens with zero attached hydrogens (tertiary/aromatic N) is 2. The van der Waals surface area contributed by atoms with Gasteiger partial charge in [0.2, 0.25) is 0 Å². The van der Waals surface area contributed by atoms with Crippen molar-refractivity contribution in [2.75, 3.05) is 13.7 Å². The van der Waals surface area contributed by atoms with E-state index in [0.717, 1.165) is 0 Å². The zero-order chi connectivity index (χ0) is 14.6. The van der Waals surface area contributed by atoms with Gasteiger partial charge in [-0.2, -0.15) is 0 Å². The molecule has 0 aliphatic carbocycles. The molecule has 104 valence electrons. The van der Waals surface area contributed by atoms with Crippen LogP contribution >= 0.6 is 15.9 Å². The van der Waals surface area contributed by atoms with Crippen molar-refractivity contribution in [3.8, 4) is 0 Å². The largest absolute Gasteiger partial charge is 0.464 e. The third-order valence-electron chi connectivity index (χ3n) is 2.87. The van der Waals surface area contributed by atoms with E-state index in [1.54, 1.807) is 40.1 Å². The highest BCUT2D eigenvalue weighted by molar-refractivity contribution is 9.10. The highest BCUT2D eigenvalue weighted by atomic mass is 79.9. The van der Waals surface area contributed by atoms with Crippen molar-refractivity contribution < 1.29 is 14.3 Å². The number of aromatic nitrogens is 1.